The van der Waals surface area contributed by atoms with Crippen LogP contribution in [0.5, 0.6) is 5.75 Å². The predicted molar refractivity (Wildman–Crippen MR) is 128 cm³/mol. The van der Waals surface area contributed by atoms with Gasteiger partial charge in [-0.1, -0.05) is 0 Å². The van der Waals surface area contributed by atoms with Gasteiger partial charge < -0.3 is 48.0 Å². The molecule has 0 spiro atoms. The molecule has 1 heterocycles. The first-order valence-electron chi connectivity index (χ1n) is 11.6. The summed E-state index contributed by atoms with van der Waals surface area (Å²) in [5.74, 6) is -0.334. The zero-order chi connectivity index (χ0) is 25.0. The van der Waals surface area contributed by atoms with Crippen molar-refractivity contribution in [2.45, 2.75) is 0 Å². The van der Waals surface area contributed by atoms with Crippen molar-refractivity contribution in [3.8, 4) is 5.75 Å². The van der Waals surface area contributed by atoms with Crippen LogP contribution < -0.4 is 4.74 Å². The van der Waals surface area contributed by atoms with Gasteiger partial charge in [0.2, 0.25) is 0 Å². The average molecular weight is 500 g/mol. The number of aromatic nitrogens is 1. The molecule has 2 N–H and O–H groups in total. The van der Waals surface area contributed by atoms with Crippen molar-refractivity contribution in [2.24, 2.45) is 0 Å². The van der Waals surface area contributed by atoms with E-state index in [0.29, 0.717) is 98.2 Å². The van der Waals surface area contributed by atoms with Gasteiger partial charge in [0.1, 0.15) is 18.1 Å². The molecule has 0 amide bonds. The molecule has 0 saturated heterocycles. The Kier molecular flexibility index (Phi) is 15.7. The first-order valence-corrected chi connectivity index (χ1v) is 11.6. The van der Waals surface area contributed by atoms with Crippen LogP contribution in [0.2, 0.25) is 0 Å². The van der Waals surface area contributed by atoms with Gasteiger partial charge in [-0.3, -0.25) is 0 Å². The van der Waals surface area contributed by atoms with E-state index >= 15 is 0 Å². The van der Waals surface area contributed by atoms with Crippen LogP contribution in [-0.4, -0.2) is 116 Å². The van der Waals surface area contributed by atoms with E-state index in [2.05, 4.69) is 4.98 Å². The number of H-pyrrole nitrogens is 1. The highest BCUT2D eigenvalue weighted by atomic mass is 16.6. The van der Waals surface area contributed by atoms with Gasteiger partial charge in [-0.15, -0.1) is 0 Å². The summed E-state index contributed by atoms with van der Waals surface area (Å²) in [6, 6.07) is 6.95. The Bertz CT molecular complexity index is 813. The van der Waals surface area contributed by atoms with Crippen molar-refractivity contribution in [3.05, 3.63) is 30.0 Å². The molecule has 0 radical (unpaired) electrons. The van der Waals surface area contributed by atoms with E-state index in [1.165, 1.54) is 0 Å². The molecule has 35 heavy (non-hydrogen) atoms. The Labute approximate surface area is 205 Å². The van der Waals surface area contributed by atoms with Crippen molar-refractivity contribution in [1.82, 2.24) is 4.98 Å². The van der Waals surface area contributed by atoms with Crippen molar-refractivity contribution < 1.29 is 47.8 Å². The van der Waals surface area contributed by atoms with Crippen LogP contribution in [0.15, 0.2) is 24.3 Å². The molecule has 198 valence electrons. The largest absolute Gasteiger partial charge is 0.491 e. The fraction of sp³-hybridized carbons (Fsp3) is 0.625. The van der Waals surface area contributed by atoms with Crippen LogP contribution in [0.3, 0.4) is 0 Å². The number of hydrogen-bond donors (Lipinski definition) is 2. The fourth-order valence-corrected chi connectivity index (χ4v) is 2.88. The lowest BCUT2D eigenvalue weighted by Gasteiger charge is -2.09. The summed E-state index contributed by atoms with van der Waals surface area (Å²) in [6.07, 6.45) is 0. The molecule has 11 heteroatoms. The van der Waals surface area contributed by atoms with Gasteiger partial charge in [0.05, 0.1) is 85.9 Å². The molecule has 0 atom stereocenters. The number of fused-ring (bicyclic) bond motifs is 1. The number of carboxylic acids is 1. The molecular weight excluding hydrogens is 462 g/mol. The minimum absolute atomic E-state index is 0.150. The number of carbonyl (C=O) groups is 1. The van der Waals surface area contributed by atoms with Gasteiger partial charge in [-0.05, 0) is 24.3 Å². The lowest BCUT2D eigenvalue weighted by atomic mass is 10.2. The molecule has 2 aromatic rings. The van der Waals surface area contributed by atoms with E-state index in [0.717, 1.165) is 10.9 Å². The zero-order valence-corrected chi connectivity index (χ0v) is 20.3. The number of carboxylic acid groups (broad SMARTS) is 1. The van der Waals surface area contributed by atoms with Crippen LogP contribution in [0.1, 0.15) is 10.5 Å². The van der Waals surface area contributed by atoms with E-state index in [1.807, 2.05) is 0 Å². The van der Waals surface area contributed by atoms with Crippen molar-refractivity contribution in [2.75, 3.05) is 99.6 Å². The molecule has 0 aliphatic rings. The van der Waals surface area contributed by atoms with Crippen LogP contribution >= 0.6 is 0 Å². The number of aromatic carboxylic acids is 1. The minimum Gasteiger partial charge on any atom is -0.491 e. The van der Waals surface area contributed by atoms with Gasteiger partial charge in [-0.25, -0.2) is 4.79 Å². The number of methoxy groups -OCH3 is 1. The van der Waals surface area contributed by atoms with Crippen LogP contribution in [0.25, 0.3) is 10.9 Å². The van der Waals surface area contributed by atoms with Gasteiger partial charge in [0.25, 0.3) is 0 Å². The second-order valence-electron chi connectivity index (χ2n) is 7.25. The molecule has 11 nitrogen and oxygen atoms in total. The molecule has 0 unspecified atom stereocenters. The molecule has 1 aromatic heterocycles. The van der Waals surface area contributed by atoms with Gasteiger partial charge in [-0.2, -0.15) is 0 Å². The Morgan fingerprint density at radius 1 is 0.686 bits per heavy atom. The first-order chi connectivity index (χ1) is 17.2. The monoisotopic (exact) mass is 499 g/mol. The smallest absolute Gasteiger partial charge is 0.352 e. The predicted octanol–water partition coefficient (Wildman–Crippen LogP) is 1.99. The maximum Gasteiger partial charge on any atom is 0.352 e. The number of aromatic amines is 1. The highest BCUT2D eigenvalue weighted by molar-refractivity contribution is 5.94. The molecule has 0 aliphatic carbocycles. The summed E-state index contributed by atoms with van der Waals surface area (Å²) in [5.41, 5.74) is 0.900. The minimum atomic E-state index is -0.992. The van der Waals surface area contributed by atoms with Crippen molar-refractivity contribution in [3.63, 3.8) is 0 Å². The SMILES string of the molecule is COCCOCCOCCOCCOCCOCCOCCOc1ccc2[nH]c(C(=O)O)cc2c1. The van der Waals surface area contributed by atoms with Crippen molar-refractivity contribution in [1.29, 1.82) is 0 Å². The highest BCUT2D eigenvalue weighted by Gasteiger charge is 2.08. The summed E-state index contributed by atoms with van der Waals surface area (Å²) < 4.78 is 43.0. The summed E-state index contributed by atoms with van der Waals surface area (Å²) in [5, 5.41) is 9.82. The van der Waals surface area contributed by atoms with E-state index in [-0.39, 0.29) is 5.69 Å². The molecular formula is C24H37NO10. The molecule has 0 fully saturated rings. The van der Waals surface area contributed by atoms with E-state index in [9.17, 15) is 4.79 Å². The lowest BCUT2D eigenvalue weighted by molar-refractivity contribution is -0.0199. The zero-order valence-electron chi connectivity index (χ0n) is 20.3. The third kappa shape index (κ3) is 13.4. The standard InChI is InChI=1S/C24H37NO10/c1-28-4-5-29-6-7-30-8-9-31-10-11-32-12-13-33-14-15-34-16-17-35-21-2-3-22-20(18-21)19-23(25-22)24(26)27/h2-3,18-19,25H,4-17H2,1H3,(H,26,27). The number of ether oxygens (including phenoxy) is 8. The highest BCUT2D eigenvalue weighted by Crippen LogP contribution is 2.21. The maximum absolute atomic E-state index is 11.0. The summed E-state index contributed by atoms with van der Waals surface area (Å²) in [7, 11) is 1.64. The first kappa shape index (κ1) is 29.0. The summed E-state index contributed by atoms with van der Waals surface area (Å²) in [6.45, 7) is 7.04. The van der Waals surface area contributed by atoms with Crippen molar-refractivity contribution >= 4 is 16.9 Å². The third-order valence-electron chi connectivity index (χ3n) is 4.61. The second-order valence-corrected chi connectivity index (χ2v) is 7.25. The van der Waals surface area contributed by atoms with Crippen LogP contribution in [0, 0.1) is 0 Å². The maximum atomic E-state index is 11.0. The van der Waals surface area contributed by atoms with E-state index in [1.54, 1.807) is 31.4 Å². The quantitative estimate of drug-likeness (QED) is 0.219. The second kappa shape index (κ2) is 19.0. The molecule has 0 aliphatic heterocycles. The summed E-state index contributed by atoms with van der Waals surface area (Å²) >= 11 is 0. The lowest BCUT2D eigenvalue weighted by Crippen LogP contribution is -2.15. The normalized spacial score (nSPS) is 11.3. The third-order valence-corrected chi connectivity index (χ3v) is 4.61. The average Bonchev–Trinajstić information content (AvgIpc) is 3.29. The molecule has 0 bridgehead atoms. The topological polar surface area (TPSA) is 127 Å². The fourth-order valence-electron chi connectivity index (χ4n) is 2.88. The Balaban J connectivity index is 1.31. The van der Waals surface area contributed by atoms with E-state index in [4.69, 9.17) is 43.0 Å². The van der Waals surface area contributed by atoms with Gasteiger partial charge >= 0.3 is 5.97 Å². The Hall–Kier alpha value is -2.25. The Morgan fingerprint density at radius 2 is 1.14 bits per heavy atom. The number of nitrogens with one attached hydrogen (secondary N) is 1. The van der Waals surface area contributed by atoms with Crippen LogP contribution in [0.4, 0.5) is 0 Å². The van der Waals surface area contributed by atoms with E-state index < -0.39 is 5.97 Å². The molecule has 1 aromatic carbocycles. The number of hydrogen-bond acceptors (Lipinski definition) is 9. The number of benzene rings is 1. The van der Waals surface area contributed by atoms with Gasteiger partial charge in [0.15, 0.2) is 0 Å². The Morgan fingerprint density at radius 3 is 1.60 bits per heavy atom. The van der Waals surface area contributed by atoms with Gasteiger partial charge in [0, 0.05) is 18.0 Å². The summed E-state index contributed by atoms with van der Waals surface area (Å²) in [4.78, 5) is 13.9. The number of rotatable bonds is 23. The molecule has 0 saturated carbocycles. The van der Waals surface area contributed by atoms with Crippen LogP contribution in [-0.2, 0) is 33.2 Å². The molecule has 2 rings (SSSR count).